The minimum Gasteiger partial charge on any atom is -0.399 e. The summed E-state index contributed by atoms with van der Waals surface area (Å²) in [5.74, 6) is 0.727. The number of imidazole rings is 1. The fraction of sp³-hybridized carbons (Fsp3) is 0.533. The van der Waals surface area contributed by atoms with E-state index in [9.17, 15) is 5.11 Å². The standard InChI is InChI=1S/C15H22N4O/c1-11(20)15-17-13-10-12(16)4-5-14(13)19(15)9-8-18-6-2-3-7-18/h4-5,10-11,20H,2-3,6-9,16H2,1H3. The highest BCUT2D eigenvalue weighted by Gasteiger charge is 2.17. The van der Waals surface area contributed by atoms with E-state index in [0.717, 1.165) is 29.9 Å². The first-order chi connectivity index (χ1) is 9.65. The summed E-state index contributed by atoms with van der Waals surface area (Å²) in [7, 11) is 0. The fourth-order valence-corrected chi connectivity index (χ4v) is 2.97. The second-order valence-corrected chi connectivity index (χ2v) is 5.59. The van der Waals surface area contributed by atoms with Crippen molar-refractivity contribution in [2.45, 2.75) is 32.4 Å². The lowest BCUT2D eigenvalue weighted by molar-refractivity contribution is 0.182. The number of likely N-dealkylation sites (tertiary alicyclic amines) is 1. The van der Waals surface area contributed by atoms with E-state index in [1.54, 1.807) is 6.92 Å². The van der Waals surface area contributed by atoms with Crippen molar-refractivity contribution in [2.75, 3.05) is 25.4 Å². The number of nitrogen functional groups attached to an aromatic ring is 1. The van der Waals surface area contributed by atoms with Crippen LogP contribution in [0.3, 0.4) is 0 Å². The van der Waals surface area contributed by atoms with Gasteiger partial charge in [0.1, 0.15) is 11.9 Å². The van der Waals surface area contributed by atoms with Crippen molar-refractivity contribution in [3.8, 4) is 0 Å². The Hall–Kier alpha value is -1.59. The van der Waals surface area contributed by atoms with Crippen LogP contribution in [-0.4, -0.2) is 39.2 Å². The van der Waals surface area contributed by atoms with Crippen molar-refractivity contribution in [3.63, 3.8) is 0 Å². The first-order valence-electron chi connectivity index (χ1n) is 7.31. The summed E-state index contributed by atoms with van der Waals surface area (Å²) in [6, 6.07) is 5.75. The van der Waals surface area contributed by atoms with Crippen molar-refractivity contribution in [3.05, 3.63) is 24.0 Å². The Labute approximate surface area is 119 Å². The highest BCUT2D eigenvalue weighted by Crippen LogP contribution is 2.23. The Morgan fingerprint density at radius 2 is 2.05 bits per heavy atom. The number of rotatable bonds is 4. The molecule has 1 aliphatic heterocycles. The molecule has 1 saturated heterocycles. The Morgan fingerprint density at radius 3 is 2.75 bits per heavy atom. The molecule has 0 saturated carbocycles. The molecule has 1 unspecified atom stereocenters. The van der Waals surface area contributed by atoms with Crippen LogP contribution in [0, 0.1) is 0 Å². The lowest BCUT2D eigenvalue weighted by Gasteiger charge is -2.17. The van der Waals surface area contributed by atoms with E-state index < -0.39 is 6.10 Å². The van der Waals surface area contributed by atoms with Gasteiger partial charge in [0.2, 0.25) is 0 Å². The van der Waals surface area contributed by atoms with Crippen LogP contribution in [0.25, 0.3) is 11.0 Å². The van der Waals surface area contributed by atoms with Gasteiger partial charge in [0.25, 0.3) is 0 Å². The summed E-state index contributed by atoms with van der Waals surface area (Å²) < 4.78 is 2.12. The zero-order chi connectivity index (χ0) is 14.1. The second kappa shape index (κ2) is 5.42. The molecule has 3 rings (SSSR count). The van der Waals surface area contributed by atoms with Gasteiger partial charge in [0.05, 0.1) is 11.0 Å². The summed E-state index contributed by atoms with van der Waals surface area (Å²) in [6.45, 7) is 6.00. The first kappa shape index (κ1) is 13.4. The Bertz CT molecular complexity index is 599. The maximum absolute atomic E-state index is 9.94. The van der Waals surface area contributed by atoms with E-state index in [4.69, 9.17) is 5.73 Å². The monoisotopic (exact) mass is 274 g/mol. The quantitative estimate of drug-likeness (QED) is 0.834. The highest BCUT2D eigenvalue weighted by molar-refractivity contribution is 5.79. The molecule has 108 valence electrons. The molecule has 0 spiro atoms. The lowest BCUT2D eigenvalue weighted by atomic mass is 10.3. The molecule has 1 atom stereocenters. The van der Waals surface area contributed by atoms with Gasteiger partial charge in [-0.25, -0.2) is 4.98 Å². The molecule has 2 heterocycles. The van der Waals surface area contributed by atoms with E-state index in [2.05, 4.69) is 14.5 Å². The fourth-order valence-electron chi connectivity index (χ4n) is 2.97. The number of aliphatic hydroxyl groups is 1. The SMILES string of the molecule is CC(O)c1nc2cc(N)ccc2n1CCN1CCCC1. The molecular formula is C15H22N4O. The third-order valence-electron chi connectivity index (χ3n) is 4.01. The number of nitrogens with zero attached hydrogens (tertiary/aromatic N) is 3. The van der Waals surface area contributed by atoms with Gasteiger partial charge in [0, 0.05) is 18.8 Å². The number of anilines is 1. The maximum atomic E-state index is 9.94. The Balaban J connectivity index is 1.91. The molecule has 20 heavy (non-hydrogen) atoms. The minimum absolute atomic E-state index is 0.567. The number of hydrogen-bond donors (Lipinski definition) is 2. The normalized spacial score (nSPS) is 17.9. The molecule has 0 amide bonds. The van der Waals surface area contributed by atoms with Crippen LogP contribution in [0.4, 0.5) is 5.69 Å². The van der Waals surface area contributed by atoms with Crippen LogP contribution in [0.15, 0.2) is 18.2 Å². The molecule has 2 aromatic rings. The van der Waals surface area contributed by atoms with Crippen LogP contribution in [0.5, 0.6) is 0 Å². The number of aliphatic hydroxyl groups excluding tert-OH is 1. The van der Waals surface area contributed by atoms with Crippen LogP contribution in [0.2, 0.25) is 0 Å². The summed E-state index contributed by atoms with van der Waals surface area (Å²) in [4.78, 5) is 7.00. The zero-order valence-corrected chi connectivity index (χ0v) is 11.9. The van der Waals surface area contributed by atoms with Gasteiger partial charge in [-0.2, -0.15) is 0 Å². The van der Waals surface area contributed by atoms with E-state index in [1.165, 1.54) is 25.9 Å². The van der Waals surface area contributed by atoms with Gasteiger partial charge in [0.15, 0.2) is 0 Å². The number of nitrogens with two attached hydrogens (primary N) is 1. The second-order valence-electron chi connectivity index (χ2n) is 5.59. The molecular weight excluding hydrogens is 252 g/mol. The summed E-state index contributed by atoms with van der Waals surface area (Å²) in [6.07, 6.45) is 2.02. The molecule has 3 N–H and O–H groups in total. The average molecular weight is 274 g/mol. The van der Waals surface area contributed by atoms with E-state index in [-0.39, 0.29) is 0 Å². The van der Waals surface area contributed by atoms with E-state index in [0.29, 0.717) is 5.69 Å². The highest BCUT2D eigenvalue weighted by atomic mass is 16.3. The maximum Gasteiger partial charge on any atom is 0.138 e. The van der Waals surface area contributed by atoms with Crippen molar-refractivity contribution in [1.82, 2.24) is 14.5 Å². The van der Waals surface area contributed by atoms with Gasteiger partial charge in [-0.15, -0.1) is 0 Å². The average Bonchev–Trinajstić information content (AvgIpc) is 3.02. The third-order valence-corrected chi connectivity index (χ3v) is 4.01. The zero-order valence-electron chi connectivity index (χ0n) is 11.9. The molecule has 1 aliphatic rings. The van der Waals surface area contributed by atoms with Crippen LogP contribution in [-0.2, 0) is 6.54 Å². The van der Waals surface area contributed by atoms with Crippen molar-refractivity contribution >= 4 is 16.7 Å². The van der Waals surface area contributed by atoms with Crippen LogP contribution >= 0.6 is 0 Å². The Morgan fingerprint density at radius 1 is 1.30 bits per heavy atom. The largest absolute Gasteiger partial charge is 0.399 e. The molecule has 1 aromatic carbocycles. The summed E-state index contributed by atoms with van der Waals surface area (Å²) >= 11 is 0. The molecule has 1 fully saturated rings. The number of aromatic nitrogens is 2. The molecule has 0 radical (unpaired) electrons. The minimum atomic E-state index is -0.567. The van der Waals surface area contributed by atoms with Crippen LogP contribution < -0.4 is 5.73 Å². The third kappa shape index (κ3) is 2.51. The van der Waals surface area contributed by atoms with Gasteiger partial charge in [-0.3, -0.25) is 0 Å². The smallest absolute Gasteiger partial charge is 0.138 e. The predicted molar refractivity (Wildman–Crippen MR) is 80.5 cm³/mol. The van der Waals surface area contributed by atoms with Gasteiger partial charge >= 0.3 is 0 Å². The molecule has 1 aromatic heterocycles. The molecule has 0 aliphatic carbocycles. The van der Waals surface area contributed by atoms with E-state index in [1.807, 2.05) is 18.2 Å². The van der Waals surface area contributed by atoms with Crippen molar-refractivity contribution < 1.29 is 5.11 Å². The first-order valence-corrected chi connectivity index (χ1v) is 7.31. The summed E-state index contributed by atoms with van der Waals surface area (Å²) in [5, 5.41) is 9.94. The number of benzene rings is 1. The predicted octanol–water partition coefficient (Wildman–Crippen LogP) is 1.77. The topological polar surface area (TPSA) is 67.3 Å². The van der Waals surface area contributed by atoms with E-state index >= 15 is 0 Å². The van der Waals surface area contributed by atoms with Crippen LogP contribution in [0.1, 0.15) is 31.7 Å². The van der Waals surface area contributed by atoms with Gasteiger partial charge in [-0.1, -0.05) is 0 Å². The molecule has 5 heteroatoms. The van der Waals surface area contributed by atoms with Crippen molar-refractivity contribution in [1.29, 1.82) is 0 Å². The molecule has 5 nitrogen and oxygen atoms in total. The Kier molecular flexibility index (Phi) is 3.63. The molecule has 0 bridgehead atoms. The number of hydrogen-bond acceptors (Lipinski definition) is 4. The lowest BCUT2D eigenvalue weighted by Crippen LogP contribution is -2.25. The summed E-state index contributed by atoms with van der Waals surface area (Å²) in [5.41, 5.74) is 8.43. The van der Waals surface area contributed by atoms with Crippen molar-refractivity contribution in [2.24, 2.45) is 0 Å². The van der Waals surface area contributed by atoms with Gasteiger partial charge < -0.3 is 20.3 Å². The van der Waals surface area contributed by atoms with Gasteiger partial charge in [-0.05, 0) is 51.1 Å². The number of fused-ring (bicyclic) bond motifs is 1.